The lowest BCUT2D eigenvalue weighted by molar-refractivity contribution is -0.123. The van der Waals surface area contributed by atoms with Gasteiger partial charge in [0.1, 0.15) is 0 Å². The summed E-state index contributed by atoms with van der Waals surface area (Å²) in [5.74, 6) is -0.0240. The molecule has 2 atom stereocenters. The lowest BCUT2D eigenvalue weighted by atomic mass is 10.0. The molecule has 4 nitrogen and oxygen atoms in total. The van der Waals surface area contributed by atoms with E-state index in [4.69, 9.17) is 0 Å². The summed E-state index contributed by atoms with van der Waals surface area (Å²) in [6, 6.07) is -0.532. The predicted molar refractivity (Wildman–Crippen MR) is 299 cm³/mol. The normalized spacial score (nSPS) is 12.8. The first-order valence-electron chi connectivity index (χ1n) is 31.0. The van der Waals surface area contributed by atoms with Crippen LogP contribution in [0.5, 0.6) is 0 Å². The van der Waals surface area contributed by atoms with Gasteiger partial charge in [-0.15, -0.1) is 0 Å². The molecule has 398 valence electrons. The Balaban J connectivity index is 3.33. The van der Waals surface area contributed by atoms with Crippen molar-refractivity contribution < 1.29 is 15.0 Å². The molecule has 2 unspecified atom stereocenters. The van der Waals surface area contributed by atoms with E-state index in [-0.39, 0.29) is 12.5 Å². The van der Waals surface area contributed by atoms with Crippen molar-refractivity contribution in [3.8, 4) is 0 Å². The Labute approximate surface area is 421 Å². The molecule has 0 rings (SSSR count). The van der Waals surface area contributed by atoms with Crippen molar-refractivity contribution >= 4 is 5.91 Å². The molecular formula is C63H123NO3. The van der Waals surface area contributed by atoms with E-state index in [1.54, 1.807) is 0 Å². The molecule has 0 saturated carbocycles. The van der Waals surface area contributed by atoms with E-state index in [1.807, 2.05) is 0 Å². The Bertz CT molecular complexity index is 978. The average molecular weight is 943 g/mol. The first-order valence-corrected chi connectivity index (χ1v) is 31.0. The molecular weight excluding hydrogens is 819 g/mol. The third kappa shape index (κ3) is 55.7. The number of rotatable bonds is 58. The fourth-order valence-electron chi connectivity index (χ4n) is 9.98. The van der Waals surface area contributed by atoms with Crippen molar-refractivity contribution in [1.29, 1.82) is 0 Å². The van der Waals surface area contributed by atoms with Gasteiger partial charge >= 0.3 is 0 Å². The Morgan fingerprint density at radius 3 is 0.896 bits per heavy atom. The minimum absolute atomic E-state index is 0.0240. The Morgan fingerprint density at radius 1 is 0.358 bits per heavy atom. The summed E-state index contributed by atoms with van der Waals surface area (Å²) in [4.78, 5) is 12.5. The number of hydrogen-bond donors (Lipinski definition) is 3. The molecule has 0 radical (unpaired) electrons. The maximum Gasteiger partial charge on any atom is 0.220 e. The van der Waals surface area contributed by atoms with Gasteiger partial charge in [0, 0.05) is 6.42 Å². The zero-order valence-electron chi connectivity index (χ0n) is 46.0. The van der Waals surface area contributed by atoms with Crippen LogP contribution in [0.4, 0.5) is 0 Å². The highest BCUT2D eigenvalue weighted by atomic mass is 16.3. The summed E-state index contributed by atoms with van der Waals surface area (Å²) in [6.07, 6.45) is 79.2. The zero-order chi connectivity index (χ0) is 48.5. The van der Waals surface area contributed by atoms with Crippen LogP contribution in [0.3, 0.4) is 0 Å². The standard InChI is InChI=1S/C63H123NO3/c1-3-5-7-9-11-13-15-17-19-20-21-22-23-24-25-26-27-28-29-30-31-32-33-34-35-36-37-38-39-40-41-42-43-44-45-47-49-51-53-55-57-59-63(67)64-61(60-65)62(66)58-56-54-52-50-48-46-18-16-14-12-10-8-6-4-2/h15,17,20-21,61-62,65-66H,3-14,16,18-19,22-60H2,1-2H3,(H,64,67)/b17-15-,21-20-. The van der Waals surface area contributed by atoms with Gasteiger partial charge in [0.15, 0.2) is 0 Å². The van der Waals surface area contributed by atoms with Crippen molar-refractivity contribution in [1.82, 2.24) is 5.32 Å². The molecule has 0 spiro atoms. The number of allylic oxidation sites excluding steroid dienone is 4. The minimum Gasteiger partial charge on any atom is -0.394 e. The number of carbonyl (C=O) groups excluding carboxylic acids is 1. The number of carbonyl (C=O) groups is 1. The highest BCUT2D eigenvalue weighted by Crippen LogP contribution is 2.18. The second kappa shape index (κ2) is 59.2. The van der Waals surface area contributed by atoms with Gasteiger partial charge in [-0.25, -0.2) is 0 Å². The average Bonchev–Trinajstić information content (AvgIpc) is 3.33. The maximum absolute atomic E-state index is 12.5. The van der Waals surface area contributed by atoms with Crippen LogP contribution in [0.15, 0.2) is 24.3 Å². The van der Waals surface area contributed by atoms with Crippen molar-refractivity contribution in [2.24, 2.45) is 0 Å². The van der Waals surface area contributed by atoms with Gasteiger partial charge < -0.3 is 15.5 Å². The number of amides is 1. The molecule has 0 aliphatic rings. The summed E-state index contributed by atoms with van der Waals surface area (Å²) in [7, 11) is 0. The second-order valence-corrected chi connectivity index (χ2v) is 21.5. The van der Waals surface area contributed by atoms with E-state index in [2.05, 4.69) is 43.5 Å². The fraction of sp³-hybridized carbons (Fsp3) is 0.921. The van der Waals surface area contributed by atoms with E-state index >= 15 is 0 Å². The van der Waals surface area contributed by atoms with Gasteiger partial charge in [-0.2, -0.15) is 0 Å². The lowest BCUT2D eigenvalue weighted by Gasteiger charge is -2.22. The molecule has 0 fully saturated rings. The largest absolute Gasteiger partial charge is 0.394 e. The molecule has 0 aromatic carbocycles. The molecule has 1 amide bonds. The van der Waals surface area contributed by atoms with Crippen LogP contribution in [0.1, 0.15) is 354 Å². The van der Waals surface area contributed by atoms with Crippen LogP contribution >= 0.6 is 0 Å². The van der Waals surface area contributed by atoms with Crippen molar-refractivity contribution in [2.75, 3.05) is 6.61 Å². The third-order valence-corrected chi connectivity index (χ3v) is 14.7. The van der Waals surface area contributed by atoms with E-state index in [9.17, 15) is 15.0 Å². The van der Waals surface area contributed by atoms with Gasteiger partial charge in [0.05, 0.1) is 18.8 Å². The Hall–Kier alpha value is -1.13. The van der Waals surface area contributed by atoms with Crippen LogP contribution in [-0.4, -0.2) is 34.9 Å². The molecule has 0 aliphatic carbocycles. The van der Waals surface area contributed by atoms with Crippen LogP contribution < -0.4 is 5.32 Å². The van der Waals surface area contributed by atoms with E-state index in [0.29, 0.717) is 12.8 Å². The van der Waals surface area contributed by atoms with E-state index < -0.39 is 12.1 Å². The smallest absolute Gasteiger partial charge is 0.220 e. The first-order chi connectivity index (χ1) is 33.2. The number of nitrogens with one attached hydrogen (secondary N) is 1. The van der Waals surface area contributed by atoms with Gasteiger partial charge in [-0.3, -0.25) is 4.79 Å². The summed E-state index contributed by atoms with van der Waals surface area (Å²) >= 11 is 0. The zero-order valence-corrected chi connectivity index (χ0v) is 46.0. The number of unbranched alkanes of at least 4 members (excludes halogenated alkanes) is 47. The highest BCUT2D eigenvalue weighted by Gasteiger charge is 2.20. The van der Waals surface area contributed by atoms with Gasteiger partial charge in [-0.1, -0.05) is 327 Å². The molecule has 0 heterocycles. The number of hydrogen-bond acceptors (Lipinski definition) is 3. The van der Waals surface area contributed by atoms with Crippen molar-refractivity contribution in [3.63, 3.8) is 0 Å². The molecule has 0 saturated heterocycles. The molecule has 0 aromatic rings. The number of aliphatic hydroxyl groups is 2. The Morgan fingerprint density at radius 2 is 0.612 bits per heavy atom. The summed E-state index contributed by atoms with van der Waals surface area (Å²) in [5.41, 5.74) is 0. The predicted octanol–water partition coefficient (Wildman–Crippen LogP) is 20.7. The van der Waals surface area contributed by atoms with Gasteiger partial charge in [0.25, 0.3) is 0 Å². The maximum atomic E-state index is 12.5. The lowest BCUT2D eigenvalue weighted by Crippen LogP contribution is -2.45. The molecule has 3 N–H and O–H groups in total. The van der Waals surface area contributed by atoms with Gasteiger partial charge in [-0.05, 0) is 44.9 Å². The summed E-state index contributed by atoms with van der Waals surface area (Å²) in [6.45, 7) is 4.38. The highest BCUT2D eigenvalue weighted by molar-refractivity contribution is 5.76. The third-order valence-electron chi connectivity index (χ3n) is 14.7. The van der Waals surface area contributed by atoms with Crippen molar-refractivity contribution in [2.45, 2.75) is 366 Å². The topological polar surface area (TPSA) is 69.6 Å². The number of aliphatic hydroxyl groups excluding tert-OH is 2. The van der Waals surface area contributed by atoms with E-state index in [0.717, 1.165) is 32.1 Å². The fourth-order valence-corrected chi connectivity index (χ4v) is 9.98. The van der Waals surface area contributed by atoms with Crippen LogP contribution in [-0.2, 0) is 4.79 Å². The monoisotopic (exact) mass is 942 g/mol. The quantitative estimate of drug-likeness (QED) is 0.0420. The van der Waals surface area contributed by atoms with E-state index in [1.165, 1.54) is 295 Å². The molecule has 4 heteroatoms. The summed E-state index contributed by atoms with van der Waals surface area (Å²) < 4.78 is 0. The van der Waals surface area contributed by atoms with Crippen molar-refractivity contribution in [3.05, 3.63) is 24.3 Å². The molecule has 0 aliphatic heterocycles. The van der Waals surface area contributed by atoms with Crippen LogP contribution in [0, 0.1) is 0 Å². The molecule has 67 heavy (non-hydrogen) atoms. The first kappa shape index (κ1) is 65.9. The van der Waals surface area contributed by atoms with Gasteiger partial charge in [0.2, 0.25) is 5.91 Å². The molecule has 0 aromatic heterocycles. The SMILES string of the molecule is CCCCCCC/C=C\C/C=C\CCCCCCCCCCCCCCCCCCCCCCCCCCCCCCCC(=O)NC(CO)C(O)CCCCCCCCCCCCCCCC. The minimum atomic E-state index is -0.655. The van der Waals surface area contributed by atoms with Crippen LogP contribution in [0.2, 0.25) is 0 Å². The Kier molecular flexibility index (Phi) is 58.2. The van der Waals surface area contributed by atoms with Crippen LogP contribution in [0.25, 0.3) is 0 Å². The summed E-state index contributed by atoms with van der Waals surface area (Å²) in [5, 5.41) is 23.3. The molecule has 0 bridgehead atoms. The second-order valence-electron chi connectivity index (χ2n) is 21.5.